The second-order valence-corrected chi connectivity index (χ2v) is 5.27. The maximum atomic E-state index is 5.28. The Kier molecular flexibility index (Phi) is 5.78. The van der Waals surface area contributed by atoms with Gasteiger partial charge in [-0.1, -0.05) is 45.0 Å². The van der Waals surface area contributed by atoms with Crippen LogP contribution >= 0.6 is 12.2 Å². The largest absolute Gasteiger partial charge is 0.375 e. The molecule has 0 aliphatic rings. The van der Waals surface area contributed by atoms with Crippen LogP contribution in [-0.4, -0.2) is 11.3 Å². The fourth-order valence-electron chi connectivity index (χ4n) is 1.69. The predicted octanol–water partition coefficient (Wildman–Crippen LogP) is 2.81. The molecule has 0 aliphatic heterocycles. The van der Waals surface area contributed by atoms with Gasteiger partial charge in [-0.25, -0.2) is 0 Å². The van der Waals surface area contributed by atoms with Gasteiger partial charge >= 0.3 is 0 Å². The van der Waals surface area contributed by atoms with Gasteiger partial charge in [-0.3, -0.25) is 5.43 Å². The molecule has 0 fully saturated rings. The van der Waals surface area contributed by atoms with Crippen LogP contribution in [0.2, 0.25) is 0 Å². The van der Waals surface area contributed by atoms with Crippen molar-refractivity contribution in [1.29, 1.82) is 0 Å². The average molecular weight is 263 g/mol. The molecule has 0 amide bonds. The summed E-state index contributed by atoms with van der Waals surface area (Å²) in [5.41, 5.74) is 10.5. The van der Waals surface area contributed by atoms with Gasteiger partial charge in [0.2, 0.25) is 0 Å². The van der Waals surface area contributed by atoms with Gasteiger partial charge in [0.15, 0.2) is 5.11 Å². The van der Waals surface area contributed by atoms with E-state index in [1.54, 1.807) is 0 Å². The summed E-state index contributed by atoms with van der Waals surface area (Å²) >= 11 is 4.67. The Bertz CT molecular complexity index is 410. The van der Waals surface area contributed by atoms with Crippen molar-refractivity contribution in [2.24, 2.45) is 16.8 Å². The highest BCUT2D eigenvalue weighted by molar-refractivity contribution is 7.80. The number of rotatable bonds is 5. The van der Waals surface area contributed by atoms with Gasteiger partial charge in [0.1, 0.15) is 0 Å². The maximum absolute atomic E-state index is 5.28. The molecule has 0 aromatic heterocycles. The van der Waals surface area contributed by atoms with E-state index in [-0.39, 0.29) is 5.11 Å². The molecule has 18 heavy (non-hydrogen) atoms. The Morgan fingerprint density at radius 3 is 2.44 bits per heavy atom. The van der Waals surface area contributed by atoms with Crippen LogP contribution in [0.1, 0.15) is 37.8 Å². The van der Waals surface area contributed by atoms with Crippen LogP contribution < -0.4 is 11.2 Å². The molecule has 0 saturated heterocycles. The summed E-state index contributed by atoms with van der Waals surface area (Å²) in [7, 11) is 0. The van der Waals surface area contributed by atoms with E-state index >= 15 is 0 Å². The van der Waals surface area contributed by atoms with Crippen LogP contribution in [-0.2, 0) is 6.42 Å². The van der Waals surface area contributed by atoms with E-state index in [1.165, 1.54) is 11.1 Å². The lowest BCUT2D eigenvalue weighted by molar-refractivity contribution is 0.772. The number of nitrogens with one attached hydrogen (secondary N) is 1. The first kappa shape index (κ1) is 14.6. The van der Waals surface area contributed by atoms with E-state index in [0.717, 1.165) is 6.42 Å². The second kappa shape index (κ2) is 7.11. The van der Waals surface area contributed by atoms with E-state index < -0.39 is 0 Å². The van der Waals surface area contributed by atoms with Crippen LogP contribution in [0.25, 0.3) is 0 Å². The summed E-state index contributed by atoms with van der Waals surface area (Å²) in [5.74, 6) is 0.921. The molecular weight excluding hydrogens is 242 g/mol. The first-order valence-corrected chi connectivity index (χ1v) is 6.57. The van der Waals surface area contributed by atoms with Crippen molar-refractivity contribution in [3.05, 3.63) is 35.4 Å². The van der Waals surface area contributed by atoms with Crippen molar-refractivity contribution >= 4 is 23.5 Å². The number of nitrogens with zero attached hydrogens (tertiary/aromatic N) is 1. The molecule has 1 atom stereocenters. The third-order valence-corrected chi connectivity index (χ3v) is 2.80. The second-order valence-electron chi connectivity index (χ2n) is 4.83. The SMILES string of the molecule is CC(C)c1ccc(C[C@@H](C)/C=N\NC(N)=S)cc1. The molecule has 1 aromatic carbocycles. The van der Waals surface area contributed by atoms with Crippen molar-refractivity contribution in [2.75, 3.05) is 0 Å². The molecule has 0 radical (unpaired) electrons. The van der Waals surface area contributed by atoms with Crippen LogP contribution in [0, 0.1) is 5.92 Å². The summed E-state index contributed by atoms with van der Waals surface area (Å²) in [4.78, 5) is 0. The number of benzene rings is 1. The van der Waals surface area contributed by atoms with Crippen molar-refractivity contribution in [3.63, 3.8) is 0 Å². The Balaban J connectivity index is 2.51. The predicted molar refractivity (Wildman–Crippen MR) is 81.8 cm³/mol. The van der Waals surface area contributed by atoms with Gasteiger partial charge in [0.25, 0.3) is 0 Å². The van der Waals surface area contributed by atoms with E-state index in [9.17, 15) is 0 Å². The van der Waals surface area contributed by atoms with Gasteiger partial charge in [-0.05, 0) is 41.6 Å². The van der Waals surface area contributed by atoms with E-state index in [2.05, 4.69) is 67.8 Å². The highest BCUT2D eigenvalue weighted by Crippen LogP contribution is 2.16. The zero-order valence-corrected chi connectivity index (χ0v) is 12.0. The van der Waals surface area contributed by atoms with Crippen molar-refractivity contribution < 1.29 is 0 Å². The van der Waals surface area contributed by atoms with Gasteiger partial charge in [0, 0.05) is 6.21 Å². The number of thiocarbonyl (C=S) groups is 1. The summed E-state index contributed by atoms with van der Waals surface area (Å²) in [6.45, 7) is 6.51. The van der Waals surface area contributed by atoms with Crippen molar-refractivity contribution in [2.45, 2.75) is 33.1 Å². The van der Waals surface area contributed by atoms with Crippen LogP contribution in [0.15, 0.2) is 29.4 Å². The summed E-state index contributed by atoms with van der Waals surface area (Å²) in [6.07, 6.45) is 2.79. The molecule has 3 nitrogen and oxygen atoms in total. The lowest BCUT2D eigenvalue weighted by Crippen LogP contribution is -2.24. The van der Waals surface area contributed by atoms with Crippen molar-refractivity contribution in [1.82, 2.24) is 5.43 Å². The Morgan fingerprint density at radius 2 is 1.94 bits per heavy atom. The van der Waals surface area contributed by atoms with Gasteiger partial charge < -0.3 is 5.73 Å². The third kappa shape index (κ3) is 5.27. The first-order valence-electron chi connectivity index (χ1n) is 6.16. The summed E-state index contributed by atoms with van der Waals surface area (Å²) in [6, 6.07) is 8.75. The standard InChI is InChI=1S/C14H21N3S/c1-10(2)13-6-4-12(5-7-13)8-11(3)9-16-17-14(15)18/h4-7,9-11H,8H2,1-3H3,(H3,15,17,18)/b16-9-/t11-/m1/s1. The lowest BCUT2D eigenvalue weighted by Gasteiger charge is -2.09. The quantitative estimate of drug-likeness (QED) is 0.488. The van der Waals surface area contributed by atoms with Gasteiger partial charge in [-0.2, -0.15) is 5.10 Å². The molecule has 0 bridgehead atoms. The molecule has 0 heterocycles. The Hall–Kier alpha value is -1.42. The molecular formula is C14H21N3S. The first-order chi connectivity index (χ1) is 8.49. The van der Waals surface area contributed by atoms with Gasteiger partial charge in [0.05, 0.1) is 0 Å². The summed E-state index contributed by atoms with van der Waals surface area (Å²) < 4.78 is 0. The molecule has 4 heteroatoms. The minimum absolute atomic E-state index is 0.194. The minimum atomic E-state index is 0.194. The molecule has 3 N–H and O–H groups in total. The van der Waals surface area contributed by atoms with Crippen LogP contribution in [0.4, 0.5) is 0 Å². The average Bonchev–Trinajstić information content (AvgIpc) is 2.29. The monoisotopic (exact) mass is 263 g/mol. The van der Waals surface area contributed by atoms with E-state index in [0.29, 0.717) is 11.8 Å². The highest BCUT2D eigenvalue weighted by Gasteiger charge is 2.02. The van der Waals surface area contributed by atoms with E-state index in [4.69, 9.17) is 5.73 Å². The van der Waals surface area contributed by atoms with Crippen LogP contribution in [0.5, 0.6) is 0 Å². The Labute approximate surface area is 114 Å². The smallest absolute Gasteiger partial charge is 0.184 e. The normalized spacial score (nSPS) is 12.9. The molecule has 1 aromatic rings. The molecule has 0 saturated carbocycles. The summed E-state index contributed by atoms with van der Waals surface area (Å²) in [5, 5.41) is 4.17. The molecule has 0 unspecified atom stereocenters. The third-order valence-electron chi connectivity index (χ3n) is 2.71. The number of nitrogens with two attached hydrogens (primary N) is 1. The van der Waals surface area contributed by atoms with E-state index in [1.807, 2.05) is 6.21 Å². The number of hydrogen-bond acceptors (Lipinski definition) is 2. The highest BCUT2D eigenvalue weighted by atomic mass is 32.1. The molecule has 0 spiro atoms. The fraction of sp³-hybridized carbons (Fsp3) is 0.429. The lowest BCUT2D eigenvalue weighted by atomic mass is 9.97. The molecule has 0 aliphatic carbocycles. The van der Waals surface area contributed by atoms with Crippen molar-refractivity contribution in [3.8, 4) is 0 Å². The van der Waals surface area contributed by atoms with Crippen LogP contribution in [0.3, 0.4) is 0 Å². The molecule has 98 valence electrons. The zero-order chi connectivity index (χ0) is 13.5. The maximum Gasteiger partial charge on any atom is 0.184 e. The number of hydrogen-bond donors (Lipinski definition) is 2. The topological polar surface area (TPSA) is 50.4 Å². The fourth-order valence-corrected chi connectivity index (χ4v) is 1.74. The van der Waals surface area contributed by atoms with Gasteiger partial charge in [-0.15, -0.1) is 0 Å². The minimum Gasteiger partial charge on any atom is -0.375 e. The zero-order valence-electron chi connectivity index (χ0n) is 11.2. The molecule has 1 rings (SSSR count). The Morgan fingerprint density at radius 1 is 1.33 bits per heavy atom. The number of hydrazone groups is 1.